The summed E-state index contributed by atoms with van der Waals surface area (Å²) in [6, 6.07) is 19.5. The van der Waals surface area contributed by atoms with Crippen molar-refractivity contribution in [3.8, 4) is 6.07 Å². The van der Waals surface area contributed by atoms with Gasteiger partial charge in [0.05, 0.1) is 6.07 Å². The Labute approximate surface area is 118 Å². The first-order valence-electron chi connectivity index (χ1n) is 6.10. The molecular formula is C16H15ClN2. The summed E-state index contributed by atoms with van der Waals surface area (Å²) in [5, 5.41) is 10.0. The number of nitrogens with zero attached hydrogens (tertiary/aromatic N) is 1. The molecule has 0 aliphatic carbocycles. The normalized spacial score (nSPS) is 13.5. The van der Waals surface area contributed by atoms with E-state index in [1.807, 2.05) is 54.6 Å². The first-order valence-corrected chi connectivity index (χ1v) is 6.48. The molecule has 96 valence electrons. The van der Waals surface area contributed by atoms with Crippen LogP contribution < -0.4 is 5.73 Å². The second-order valence-corrected chi connectivity index (χ2v) is 5.17. The third-order valence-corrected chi connectivity index (χ3v) is 3.27. The Morgan fingerprint density at radius 1 is 0.947 bits per heavy atom. The summed E-state index contributed by atoms with van der Waals surface area (Å²) in [4.78, 5) is 0. The minimum Gasteiger partial charge on any atom is -0.313 e. The molecule has 0 amide bonds. The van der Waals surface area contributed by atoms with Crippen molar-refractivity contribution in [3.05, 3.63) is 70.7 Å². The van der Waals surface area contributed by atoms with Crippen LogP contribution in [0.5, 0.6) is 0 Å². The van der Waals surface area contributed by atoms with Gasteiger partial charge in [0.2, 0.25) is 0 Å². The molecule has 2 nitrogen and oxygen atoms in total. The SMILES string of the molecule is N#CC(N)(Cc1ccccc1)Cc1ccc(Cl)cc1. The molecule has 0 saturated carbocycles. The lowest BCUT2D eigenvalue weighted by Gasteiger charge is -2.21. The van der Waals surface area contributed by atoms with Crippen LogP contribution in [0.15, 0.2) is 54.6 Å². The summed E-state index contributed by atoms with van der Waals surface area (Å²) in [5.41, 5.74) is 7.40. The van der Waals surface area contributed by atoms with Gasteiger partial charge in [-0.25, -0.2) is 0 Å². The minimum atomic E-state index is -0.894. The van der Waals surface area contributed by atoms with Crippen LogP contribution in [0.2, 0.25) is 5.02 Å². The molecular weight excluding hydrogens is 256 g/mol. The van der Waals surface area contributed by atoms with Gasteiger partial charge in [0.15, 0.2) is 0 Å². The number of halogens is 1. The second-order valence-electron chi connectivity index (χ2n) is 4.73. The minimum absolute atomic E-state index is 0.509. The molecule has 0 heterocycles. The lowest BCUT2D eigenvalue weighted by molar-refractivity contribution is 0.535. The molecule has 1 unspecified atom stereocenters. The standard InChI is InChI=1S/C16H15ClN2/c17-15-8-6-14(7-9-15)11-16(19,12-18)10-13-4-2-1-3-5-13/h1-9H,10-11,19H2. The molecule has 2 aromatic carbocycles. The molecule has 0 radical (unpaired) electrons. The van der Waals surface area contributed by atoms with Crippen molar-refractivity contribution in [1.29, 1.82) is 5.26 Å². The molecule has 19 heavy (non-hydrogen) atoms. The maximum Gasteiger partial charge on any atom is 0.112 e. The largest absolute Gasteiger partial charge is 0.313 e. The van der Waals surface area contributed by atoms with Crippen molar-refractivity contribution >= 4 is 11.6 Å². The van der Waals surface area contributed by atoms with Crippen LogP contribution in [-0.2, 0) is 12.8 Å². The fraction of sp³-hybridized carbons (Fsp3) is 0.188. The summed E-state index contributed by atoms with van der Waals surface area (Å²) in [7, 11) is 0. The molecule has 1 atom stereocenters. The molecule has 0 saturated heterocycles. The fourth-order valence-electron chi connectivity index (χ4n) is 2.07. The first kappa shape index (κ1) is 13.6. The van der Waals surface area contributed by atoms with Crippen molar-refractivity contribution < 1.29 is 0 Å². The number of nitrogens with two attached hydrogens (primary N) is 1. The maximum absolute atomic E-state index is 9.36. The molecule has 0 aliphatic heterocycles. The predicted octanol–water partition coefficient (Wildman–Crippen LogP) is 3.35. The smallest absolute Gasteiger partial charge is 0.112 e. The van der Waals surface area contributed by atoms with Crippen LogP contribution in [0, 0.1) is 11.3 Å². The highest BCUT2D eigenvalue weighted by Crippen LogP contribution is 2.18. The monoisotopic (exact) mass is 270 g/mol. The highest BCUT2D eigenvalue weighted by molar-refractivity contribution is 6.30. The molecule has 0 fully saturated rings. The summed E-state index contributed by atoms with van der Waals surface area (Å²) in [5.74, 6) is 0. The maximum atomic E-state index is 9.36. The van der Waals surface area contributed by atoms with Gasteiger partial charge >= 0.3 is 0 Å². The van der Waals surface area contributed by atoms with E-state index in [1.165, 1.54) is 0 Å². The molecule has 2 rings (SSSR count). The second kappa shape index (κ2) is 5.88. The van der Waals surface area contributed by atoms with Crippen LogP contribution in [0.4, 0.5) is 0 Å². The van der Waals surface area contributed by atoms with Crippen LogP contribution in [0.1, 0.15) is 11.1 Å². The summed E-state index contributed by atoms with van der Waals surface area (Å²) < 4.78 is 0. The first-order chi connectivity index (χ1) is 9.11. The van der Waals surface area contributed by atoms with E-state index < -0.39 is 5.54 Å². The van der Waals surface area contributed by atoms with Crippen molar-refractivity contribution in [2.24, 2.45) is 5.73 Å². The van der Waals surface area contributed by atoms with Crippen LogP contribution in [0.25, 0.3) is 0 Å². The number of hydrogen-bond acceptors (Lipinski definition) is 2. The molecule has 0 aromatic heterocycles. The van der Waals surface area contributed by atoms with E-state index in [-0.39, 0.29) is 0 Å². The van der Waals surface area contributed by atoms with Gasteiger partial charge in [-0.15, -0.1) is 0 Å². The highest BCUT2D eigenvalue weighted by atomic mass is 35.5. The van der Waals surface area contributed by atoms with E-state index in [9.17, 15) is 5.26 Å². The summed E-state index contributed by atoms with van der Waals surface area (Å²) >= 11 is 5.85. The third kappa shape index (κ3) is 3.82. The van der Waals surface area contributed by atoms with E-state index in [0.717, 1.165) is 11.1 Å². The molecule has 3 heteroatoms. The van der Waals surface area contributed by atoms with Gasteiger partial charge < -0.3 is 5.73 Å². The van der Waals surface area contributed by atoms with E-state index in [0.29, 0.717) is 17.9 Å². The fourth-order valence-corrected chi connectivity index (χ4v) is 2.19. The zero-order valence-electron chi connectivity index (χ0n) is 10.5. The van der Waals surface area contributed by atoms with Gasteiger partial charge in [-0.1, -0.05) is 54.1 Å². The Morgan fingerprint density at radius 2 is 1.47 bits per heavy atom. The van der Waals surface area contributed by atoms with Crippen LogP contribution in [-0.4, -0.2) is 5.54 Å². The molecule has 0 spiro atoms. The van der Waals surface area contributed by atoms with Gasteiger partial charge in [-0.2, -0.15) is 5.26 Å². The zero-order chi connectivity index (χ0) is 13.7. The van der Waals surface area contributed by atoms with Gasteiger partial charge in [-0.3, -0.25) is 0 Å². The lowest BCUT2D eigenvalue weighted by atomic mass is 9.87. The lowest BCUT2D eigenvalue weighted by Crippen LogP contribution is -2.42. The highest BCUT2D eigenvalue weighted by Gasteiger charge is 2.25. The molecule has 0 bridgehead atoms. The quantitative estimate of drug-likeness (QED) is 0.926. The Morgan fingerprint density at radius 3 is 2.00 bits per heavy atom. The Hall–Kier alpha value is -1.82. The van der Waals surface area contributed by atoms with Crippen LogP contribution in [0.3, 0.4) is 0 Å². The molecule has 2 N–H and O–H groups in total. The molecule has 0 aliphatic rings. The van der Waals surface area contributed by atoms with Crippen molar-refractivity contribution in [2.45, 2.75) is 18.4 Å². The molecule has 2 aromatic rings. The number of hydrogen-bond donors (Lipinski definition) is 1. The van der Waals surface area contributed by atoms with Crippen molar-refractivity contribution in [3.63, 3.8) is 0 Å². The van der Waals surface area contributed by atoms with Gasteiger partial charge in [0.25, 0.3) is 0 Å². The number of benzene rings is 2. The van der Waals surface area contributed by atoms with E-state index in [2.05, 4.69) is 6.07 Å². The number of nitriles is 1. The van der Waals surface area contributed by atoms with E-state index in [4.69, 9.17) is 17.3 Å². The Bertz CT molecular complexity index is 572. The van der Waals surface area contributed by atoms with Crippen LogP contribution >= 0.6 is 11.6 Å². The van der Waals surface area contributed by atoms with E-state index >= 15 is 0 Å². The summed E-state index contributed by atoms with van der Waals surface area (Å²) in [6.45, 7) is 0. The summed E-state index contributed by atoms with van der Waals surface area (Å²) in [6.07, 6.45) is 1.04. The van der Waals surface area contributed by atoms with E-state index in [1.54, 1.807) is 0 Å². The van der Waals surface area contributed by atoms with Gasteiger partial charge in [0, 0.05) is 17.9 Å². The zero-order valence-corrected chi connectivity index (χ0v) is 11.3. The topological polar surface area (TPSA) is 49.8 Å². The number of rotatable bonds is 4. The predicted molar refractivity (Wildman–Crippen MR) is 77.8 cm³/mol. The average Bonchev–Trinajstić information content (AvgIpc) is 2.42. The third-order valence-electron chi connectivity index (χ3n) is 3.02. The average molecular weight is 271 g/mol. The van der Waals surface area contributed by atoms with Gasteiger partial charge in [-0.05, 0) is 23.3 Å². The van der Waals surface area contributed by atoms with Gasteiger partial charge in [0.1, 0.15) is 5.54 Å². The Balaban J connectivity index is 2.14. The van der Waals surface area contributed by atoms with Crippen molar-refractivity contribution in [1.82, 2.24) is 0 Å². The van der Waals surface area contributed by atoms with Crippen molar-refractivity contribution in [2.75, 3.05) is 0 Å². The Kier molecular flexibility index (Phi) is 4.21.